The number of hydrogen-bond donors (Lipinski definition) is 0. The highest BCUT2D eigenvalue weighted by molar-refractivity contribution is 6.42. The molecule has 0 saturated heterocycles. The molecular weight excluding hydrogens is 569 g/mol. The number of anilines is 1. The molecule has 0 spiro atoms. The van der Waals surface area contributed by atoms with Crippen molar-refractivity contribution in [3.63, 3.8) is 0 Å². The van der Waals surface area contributed by atoms with E-state index in [1.165, 1.54) is 60.7 Å². The fraction of sp³-hybridized carbons (Fsp3) is 0.0645. The Labute approximate surface area is 244 Å². The van der Waals surface area contributed by atoms with Crippen molar-refractivity contribution in [2.24, 2.45) is 0 Å². The number of nitrogens with zero attached hydrogens (tertiary/aromatic N) is 1. The standard InChI is InChI=1S/C31H19Cl2NO7/c1-17-2-4-19(5-3-17)31(39)41-22-10-6-18(7-11-22)27(35)16-40-30(38)20-8-12-23-24(14-20)29(37)34(28(23)36)21-9-13-25(32)26(33)15-21/h2-15H,16H2,1H3. The Balaban J connectivity index is 1.21. The van der Waals surface area contributed by atoms with Crippen LogP contribution in [0.25, 0.3) is 0 Å². The number of ether oxygens (including phenoxy) is 2. The molecule has 0 saturated carbocycles. The number of imide groups is 1. The van der Waals surface area contributed by atoms with E-state index in [9.17, 15) is 24.0 Å². The van der Waals surface area contributed by atoms with Crippen molar-refractivity contribution in [2.75, 3.05) is 11.5 Å². The van der Waals surface area contributed by atoms with Crippen LogP contribution < -0.4 is 9.64 Å². The molecule has 0 fully saturated rings. The lowest BCUT2D eigenvalue weighted by atomic mass is 10.1. The minimum atomic E-state index is -0.849. The van der Waals surface area contributed by atoms with Gasteiger partial charge in [0.2, 0.25) is 0 Å². The van der Waals surface area contributed by atoms with E-state index in [0.717, 1.165) is 10.5 Å². The third kappa shape index (κ3) is 5.75. The van der Waals surface area contributed by atoms with Gasteiger partial charge in [-0.15, -0.1) is 0 Å². The van der Waals surface area contributed by atoms with Gasteiger partial charge in [0.05, 0.1) is 38.0 Å². The molecule has 0 N–H and O–H groups in total. The summed E-state index contributed by atoms with van der Waals surface area (Å²) in [6.45, 7) is 1.34. The second kappa shape index (κ2) is 11.4. The van der Waals surface area contributed by atoms with Crippen LogP contribution in [0.1, 0.15) is 57.4 Å². The summed E-state index contributed by atoms with van der Waals surface area (Å²) in [5.74, 6) is -2.85. The summed E-state index contributed by atoms with van der Waals surface area (Å²) < 4.78 is 10.5. The van der Waals surface area contributed by atoms with E-state index in [0.29, 0.717) is 5.56 Å². The fourth-order valence-electron chi connectivity index (χ4n) is 4.09. The SMILES string of the molecule is Cc1ccc(C(=O)Oc2ccc(C(=O)COC(=O)c3ccc4c(c3)C(=O)N(c3ccc(Cl)c(Cl)c3)C4=O)cc2)cc1. The van der Waals surface area contributed by atoms with E-state index >= 15 is 0 Å². The summed E-state index contributed by atoms with van der Waals surface area (Å²) in [4.78, 5) is 64.3. The van der Waals surface area contributed by atoms with Crippen LogP contribution >= 0.6 is 23.2 Å². The van der Waals surface area contributed by atoms with Gasteiger partial charge in [0.15, 0.2) is 12.4 Å². The van der Waals surface area contributed by atoms with Gasteiger partial charge in [0.25, 0.3) is 11.8 Å². The Morgan fingerprint density at radius 2 is 1.32 bits per heavy atom. The molecule has 2 amide bonds. The predicted octanol–water partition coefficient (Wildman–Crippen LogP) is 6.36. The molecular formula is C31H19Cl2NO7. The number of aryl methyl sites for hydroxylation is 1. The molecule has 5 rings (SSSR count). The number of esters is 2. The van der Waals surface area contributed by atoms with Gasteiger partial charge in [-0.3, -0.25) is 14.4 Å². The van der Waals surface area contributed by atoms with Crippen molar-refractivity contribution in [2.45, 2.75) is 6.92 Å². The molecule has 0 aliphatic carbocycles. The van der Waals surface area contributed by atoms with Crippen LogP contribution in [-0.2, 0) is 4.74 Å². The van der Waals surface area contributed by atoms with Gasteiger partial charge in [-0.1, -0.05) is 40.9 Å². The summed E-state index contributed by atoms with van der Waals surface area (Å²) >= 11 is 12.0. The van der Waals surface area contributed by atoms with Crippen molar-refractivity contribution in [3.05, 3.63) is 128 Å². The second-order valence-corrected chi connectivity index (χ2v) is 9.90. The number of carbonyl (C=O) groups is 5. The number of halogens is 2. The number of carbonyl (C=O) groups excluding carboxylic acids is 5. The Morgan fingerprint density at radius 3 is 2.00 bits per heavy atom. The monoisotopic (exact) mass is 587 g/mol. The Bertz CT molecular complexity index is 1730. The lowest BCUT2D eigenvalue weighted by molar-refractivity contribution is 0.0474. The molecule has 10 heteroatoms. The fourth-order valence-corrected chi connectivity index (χ4v) is 4.38. The highest BCUT2D eigenvalue weighted by Gasteiger charge is 2.37. The molecule has 8 nitrogen and oxygen atoms in total. The molecule has 1 aliphatic rings. The van der Waals surface area contributed by atoms with Crippen LogP contribution in [0.3, 0.4) is 0 Å². The molecule has 4 aromatic carbocycles. The zero-order chi connectivity index (χ0) is 29.3. The normalized spacial score (nSPS) is 12.2. The molecule has 0 atom stereocenters. The largest absolute Gasteiger partial charge is 0.454 e. The third-order valence-electron chi connectivity index (χ3n) is 6.29. The molecule has 0 aromatic heterocycles. The van der Waals surface area contributed by atoms with Crippen molar-refractivity contribution in [3.8, 4) is 5.75 Å². The molecule has 1 heterocycles. The van der Waals surface area contributed by atoms with E-state index in [1.54, 1.807) is 24.3 Å². The third-order valence-corrected chi connectivity index (χ3v) is 7.03. The van der Waals surface area contributed by atoms with E-state index in [-0.39, 0.29) is 43.7 Å². The van der Waals surface area contributed by atoms with E-state index in [1.807, 2.05) is 6.92 Å². The van der Waals surface area contributed by atoms with Crippen LogP contribution in [0.15, 0.2) is 84.9 Å². The van der Waals surface area contributed by atoms with Crippen LogP contribution in [0, 0.1) is 6.92 Å². The molecule has 0 unspecified atom stereocenters. The maximum Gasteiger partial charge on any atom is 0.343 e. The van der Waals surface area contributed by atoms with Gasteiger partial charge in [-0.05, 0) is 79.7 Å². The molecule has 1 aliphatic heterocycles. The number of rotatable bonds is 7. The van der Waals surface area contributed by atoms with Crippen LogP contribution in [0.2, 0.25) is 10.0 Å². The summed E-state index contributed by atoms with van der Waals surface area (Å²) in [6, 6.07) is 21.0. The predicted molar refractivity (Wildman–Crippen MR) is 151 cm³/mol. The topological polar surface area (TPSA) is 107 Å². The first-order chi connectivity index (χ1) is 19.6. The van der Waals surface area contributed by atoms with Gasteiger partial charge < -0.3 is 9.47 Å². The Morgan fingerprint density at radius 1 is 0.683 bits per heavy atom. The summed E-state index contributed by atoms with van der Waals surface area (Å²) in [6.07, 6.45) is 0. The minimum Gasteiger partial charge on any atom is -0.454 e. The quantitative estimate of drug-likeness (QED) is 0.107. The van der Waals surface area contributed by atoms with Crippen LogP contribution in [-0.4, -0.2) is 36.1 Å². The van der Waals surface area contributed by atoms with Crippen molar-refractivity contribution in [1.29, 1.82) is 0 Å². The summed E-state index contributed by atoms with van der Waals surface area (Å²) in [5, 5.41) is 0.441. The summed E-state index contributed by atoms with van der Waals surface area (Å²) in [7, 11) is 0. The molecule has 4 aromatic rings. The minimum absolute atomic E-state index is 0.00736. The van der Waals surface area contributed by atoms with Gasteiger partial charge >= 0.3 is 11.9 Å². The van der Waals surface area contributed by atoms with E-state index in [4.69, 9.17) is 32.7 Å². The number of hydrogen-bond acceptors (Lipinski definition) is 7. The zero-order valence-electron chi connectivity index (χ0n) is 21.4. The first kappa shape index (κ1) is 27.8. The van der Waals surface area contributed by atoms with E-state index in [2.05, 4.69) is 0 Å². The van der Waals surface area contributed by atoms with E-state index < -0.39 is 36.1 Å². The lowest BCUT2D eigenvalue weighted by Gasteiger charge is -2.14. The first-order valence-electron chi connectivity index (χ1n) is 12.2. The maximum absolute atomic E-state index is 13.0. The zero-order valence-corrected chi connectivity index (χ0v) is 22.9. The highest BCUT2D eigenvalue weighted by Crippen LogP contribution is 2.33. The smallest absolute Gasteiger partial charge is 0.343 e. The van der Waals surface area contributed by atoms with Crippen LogP contribution in [0.5, 0.6) is 5.75 Å². The Hall–Kier alpha value is -4.79. The molecule has 0 bridgehead atoms. The average molecular weight is 588 g/mol. The number of amides is 2. The molecule has 204 valence electrons. The van der Waals surface area contributed by atoms with Gasteiger partial charge in [0.1, 0.15) is 5.75 Å². The number of Topliss-reactive ketones (excluding diaryl/α,β-unsaturated/α-hetero) is 1. The van der Waals surface area contributed by atoms with Crippen molar-refractivity contribution >= 4 is 58.4 Å². The second-order valence-electron chi connectivity index (χ2n) is 9.08. The summed E-state index contributed by atoms with van der Waals surface area (Å²) in [5.41, 5.74) is 1.98. The van der Waals surface area contributed by atoms with Crippen molar-refractivity contribution in [1.82, 2.24) is 0 Å². The van der Waals surface area contributed by atoms with Gasteiger partial charge in [-0.2, -0.15) is 0 Å². The number of benzene rings is 4. The van der Waals surface area contributed by atoms with Crippen LogP contribution in [0.4, 0.5) is 5.69 Å². The highest BCUT2D eigenvalue weighted by atomic mass is 35.5. The van der Waals surface area contributed by atoms with Gasteiger partial charge in [0, 0.05) is 5.56 Å². The molecule has 0 radical (unpaired) electrons. The van der Waals surface area contributed by atoms with Crippen molar-refractivity contribution < 1.29 is 33.4 Å². The number of ketones is 1. The lowest BCUT2D eigenvalue weighted by Crippen LogP contribution is -2.29. The Kier molecular flexibility index (Phi) is 7.70. The average Bonchev–Trinajstić information content (AvgIpc) is 3.22. The maximum atomic E-state index is 13.0. The first-order valence-corrected chi connectivity index (χ1v) is 12.9. The van der Waals surface area contributed by atoms with Gasteiger partial charge in [-0.25, -0.2) is 14.5 Å². The number of fused-ring (bicyclic) bond motifs is 1. The molecule has 41 heavy (non-hydrogen) atoms.